The van der Waals surface area contributed by atoms with Gasteiger partial charge in [0, 0.05) is 12.7 Å². The van der Waals surface area contributed by atoms with E-state index in [2.05, 4.69) is 26.7 Å². The summed E-state index contributed by atoms with van der Waals surface area (Å²) >= 11 is 0. The molecule has 1 aromatic heterocycles. The highest BCUT2D eigenvalue weighted by atomic mass is 16.5. The van der Waals surface area contributed by atoms with Gasteiger partial charge in [0.1, 0.15) is 17.6 Å². The molecule has 0 atom stereocenters. The van der Waals surface area contributed by atoms with Gasteiger partial charge in [-0.25, -0.2) is 4.98 Å². The highest BCUT2D eigenvalue weighted by Crippen LogP contribution is 2.19. The second-order valence-electron chi connectivity index (χ2n) is 5.25. The SMILES string of the molecule is COc1ccc(CNc2nccc(Nc3ccccc3C#N)n2)cc1. The molecule has 0 saturated carbocycles. The van der Waals surface area contributed by atoms with Crippen molar-refractivity contribution in [1.29, 1.82) is 5.26 Å². The third kappa shape index (κ3) is 4.24. The number of aromatic nitrogens is 2. The van der Waals surface area contributed by atoms with E-state index in [1.54, 1.807) is 25.4 Å². The van der Waals surface area contributed by atoms with E-state index in [0.29, 0.717) is 29.6 Å². The average molecular weight is 331 g/mol. The zero-order valence-corrected chi connectivity index (χ0v) is 13.7. The van der Waals surface area contributed by atoms with E-state index in [1.165, 1.54) is 0 Å². The van der Waals surface area contributed by atoms with Crippen LogP contribution >= 0.6 is 0 Å². The molecule has 0 saturated heterocycles. The maximum atomic E-state index is 9.15. The number of ether oxygens (including phenoxy) is 1. The lowest BCUT2D eigenvalue weighted by Crippen LogP contribution is -2.05. The molecule has 0 spiro atoms. The van der Waals surface area contributed by atoms with Gasteiger partial charge in [0.2, 0.25) is 5.95 Å². The minimum absolute atomic E-state index is 0.509. The lowest BCUT2D eigenvalue weighted by Gasteiger charge is -2.09. The summed E-state index contributed by atoms with van der Waals surface area (Å²) in [5.74, 6) is 1.95. The molecule has 6 nitrogen and oxygen atoms in total. The standard InChI is InChI=1S/C19H17N5O/c1-25-16-8-6-14(7-9-16)13-22-19-21-11-10-18(24-19)23-17-5-3-2-4-15(17)12-20/h2-11H,13H2,1H3,(H2,21,22,23,24). The van der Waals surface area contributed by atoms with Crippen LogP contribution in [0, 0.1) is 11.3 Å². The number of nitriles is 1. The first kappa shape index (κ1) is 16.3. The highest BCUT2D eigenvalue weighted by molar-refractivity contribution is 5.64. The van der Waals surface area contributed by atoms with Crippen LogP contribution in [0.3, 0.4) is 0 Å². The number of rotatable bonds is 6. The molecule has 25 heavy (non-hydrogen) atoms. The summed E-state index contributed by atoms with van der Waals surface area (Å²) in [6.45, 7) is 0.599. The Morgan fingerprint density at radius 1 is 1.08 bits per heavy atom. The molecule has 1 heterocycles. The molecule has 2 N–H and O–H groups in total. The summed E-state index contributed by atoms with van der Waals surface area (Å²) in [6.07, 6.45) is 1.67. The maximum Gasteiger partial charge on any atom is 0.224 e. The van der Waals surface area contributed by atoms with E-state index in [9.17, 15) is 0 Å². The summed E-state index contributed by atoms with van der Waals surface area (Å²) in [5, 5.41) is 15.5. The van der Waals surface area contributed by atoms with Gasteiger partial charge in [0.25, 0.3) is 0 Å². The molecule has 0 unspecified atom stereocenters. The number of para-hydroxylation sites is 1. The Hall–Kier alpha value is -3.59. The van der Waals surface area contributed by atoms with E-state index in [1.807, 2.05) is 42.5 Å². The van der Waals surface area contributed by atoms with Gasteiger partial charge in [0.05, 0.1) is 18.4 Å². The van der Waals surface area contributed by atoms with Crippen LogP contribution in [0.15, 0.2) is 60.8 Å². The van der Waals surface area contributed by atoms with Crippen molar-refractivity contribution in [3.63, 3.8) is 0 Å². The molecule has 2 aromatic carbocycles. The largest absolute Gasteiger partial charge is 0.497 e. The summed E-state index contributed by atoms with van der Waals surface area (Å²) in [7, 11) is 1.64. The molecule has 124 valence electrons. The summed E-state index contributed by atoms with van der Waals surface area (Å²) in [4.78, 5) is 8.65. The lowest BCUT2D eigenvalue weighted by molar-refractivity contribution is 0.414. The van der Waals surface area contributed by atoms with Gasteiger partial charge < -0.3 is 15.4 Å². The Bertz CT molecular complexity index is 887. The predicted octanol–water partition coefficient (Wildman–Crippen LogP) is 3.71. The summed E-state index contributed by atoms with van der Waals surface area (Å²) in [6, 6.07) is 19.0. The van der Waals surface area contributed by atoms with Gasteiger partial charge in [-0.2, -0.15) is 10.2 Å². The Balaban J connectivity index is 1.67. The van der Waals surface area contributed by atoms with Gasteiger partial charge in [-0.1, -0.05) is 24.3 Å². The van der Waals surface area contributed by atoms with Crippen molar-refractivity contribution >= 4 is 17.5 Å². The van der Waals surface area contributed by atoms with E-state index in [4.69, 9.17) is 10.00 Å². The maximum absolute atomic E-state index is 9.15. The number of nitrogens with zero attached hydrogens (tertiary/aromatic N) is 3. The topological polar surface area (TPSA) is 82.9 Å². The normalized spacial score (nSPS) is 9.92. The summed E-state index contributed by atoms with van der Waals surface area (Å²) < 4.78 is 5.15. The Morgan fingerprint density at radius 3 is 2.64 bits per heavy atom. The average Bonchev–Trinajstić information content (AvgIpc) is 2.67. The van der Waals surface area contributed by atoms with Crippen LogP contribution in [-0.2, 0) is 6.54 Å². The van der Waals surface area contributed by atoms with Crippen LogP contribution in [0.1, 0.15) is 11.1 Å². The molecule has 3 aromatic rings. The molecule has 0 aliphatic carbocycles. The molecule has 0 fully saturated rings. The molecule has 0 bridgehead atoms. The number of methoxy groups -OCH3 is 1. The third-order valence-corrected chi connectivity index (χ3v) is 3.58. The lowest BCUT2D eigenvalue weighted by atomic mass is 10.2. The van der Waals surface area contributed by atoms with Crippen LogP contribution in [0.25, 0.3) is 0 Å². The molecule has 0 aliphatic heterocycles. The van der Waals surface area contributed by atoms with Gasteiger partial charge in [-0.3, -0.25) is 0 Å². The minimum Gasteiger partial charge on any atom is -0.497 e. The number of anilines is 3. The second kappa shape index (κ2) is 7.79. The first-order chi connectivity index (χ1) is 12.3. The first-order valence-electron chi connectivity index (χ1n) is 7.74. The van der Waals surface area contributed by atoms with Gasteiger partial charge in [-0.15, -0.1) is 0 Å². The Morgan fingerprint density at radius 2 is 1.88 bits per heavy atom. The van der Waals surface area contributed by atoms with Crippen molar-refractivity contribution < 1.29 is 4.74 Å². The van der Waals surface area contributed by atoms with Crippen molar-refractivity contribution in [1.82, 2.24) is 9.97 Å². The number of hydrogen-bond donors (Lipinski definition) is 2. The predicted molar refractivity (Wildman–Crippen MR) is 96.8 cm³/mol. The quantitative estimate of drug-likeness (QED) is 0.716. The van der Waals surface area contributed by atoms with Crippen LogP contribution in [0.5, 0.6) is 5.75 Å². The first-order valence-corrected chi connectivity index (χ1v) is 7.74. The number of nitrogens with one attached hydrogen (secondary N) is 2. The fourth-order valence-corrected chi connectivity index (χ4v) is 2.27. The van der Waals surface area contributed by atoms with E-state index < -0.39 is 0 Å². The molecule has 0 amide bonds. The zero-order valence-electron chi connectivity index (χ0n) is 13.7. The Labute approximate surface area is 146 Å². The smallest absolute Gasteiger partial charge is 0.224 e. The van der Waals surface area contributed by atoms with Crippen molar-refractivity contribution in [3.05, 3.63) is 71.9 Å². The van der Waals surface area contributed by atoms with E-state index >= 15 is 0 Å². The van der Waals surface area contributed by atoms with Crippen molar-refractivity contribution in [2.45, 2.75) is 6.54 Å². The van der Waals surface area contributed by atoms with Gasteiger partial charge >= 0.3 is 0 Å². The summed E-state index contributed by atoms with van der Waals surface area (Å²) in [5.41, 5.74) is 2.37. The molecule has 3 rings (SSSR count). The zero-order chi connectivity index (χ0) is 17.5. The second-order valence-corrected chi connectivity index (χ2v) is 5.25. The number of hydrogen-bond acceptors (Lipinski definition) is 6. The van der Waals surface area contributed by atoms with Crippen molar-refractivity contribution in [2.75, 3.05) is 17.7 Å². The number of benzene rings is 2. The van der Waals surface area contributed by atoms with Crippen LogP contribution in [0.4, 0.5) is 17.5 Å². The monoisotopic (exact) mass is 331 g/mol. The molecule has 0 aliphatic rings. The fourth-order valence-electron chi connectivity index (χ4n) is 2.27. The van der Waals surface area contributed by atoms with Gasteiger partial charge in [0.15, 0.2) is 0 Å². The Kier molecular flexibility index (Phi) is 5.07. The third-order valence-electron chi connectivity index (χ3n) is 3.58. The minimum atomic E-state index is 0.509. The highest BCUT2D eigenvalue weighted by Gasteiger charge is 2.04. The van der Waals surface area contributed by atoms with E-state index in [0.717, 1.165) is 11.3 Å². The van der Waals surface area contributed by atoms with Crippen LogP contribution in [-0.4, -0.2) is 17.1 Å². The molecule has 0 radical (unpaired) electrons. The van der Waals surface area contributed by atoms with Crippen LogP contribution in [0.2, 0.25) is 0 Å². The van der Waals surface area contributed by atoms with E-state index in [-0.39, 0.29) is 0 Å². The molecular formula is C19H17N5O. The molecular weight excluding hydrogens is 314 g/mol. The van der Waals surface area contributed by atoms with Crippen molar-refractivity contribution in [2.24, 2.45) is 0 Å². The van der Waals surface area contributed by atoms with Crippen molar-refractivity contribution in [3.8, 4) is 11.8 Å². The van der Waals surface area contributed by atoms with Gasteiger partial charge in [-0.05, 0) is 35.9 Å². The fraction of sp³-hybridized carbons (Fsp3) is 0.105. The molecule has 6 heteroatoms. The van der Waals surface area contributed by atoms with Crippen LogP contribution < -0.4 is 15.4 Å².